The van der Waals surface area contributed by atoms with Gasteiger partial charge in [-0.3, -0.25) is 0 Å². The SMILES string of the molecule is Cn1c(-c2ccccc2)nc2cc3c(cc21)C1CC2CC4CC3CC42C1. The minimum absolute atomic E-state index is 0.739. The first-order valence-electron chi connectivity index (χ1n) is 10.3. The Morgan fingerprint density at radius 3 is 2.35 bits per heavy atom. The second-order valence-electron chi connectivity index (χ2n) is 9.47. The molecule has 130 valence electrons. The second kappa shape index (κ2) is 4.42. The predicted molar refractivity (Wildman–Crippen MR) is 104 cm³/mol. The summed E-state index contributed by atoms with van der Waals surface area (Å²) in [6, 6.07) is 15.6. The Morgan fingerprint density at radius 2 is 1.62 bits per heavy atom. The Hall–Kier alpha value is -2.09. The highest BCUT2D eigenvalue weighted by molar-refractivity contribution is 5.82. The van der Waals surface area contributed by atoms with Gasteiger partial charge < -0.3 is 4.57 Å². The average molecular weight is 340 g/mol. The van der Waals surface area contributed by atoms with Crippen LogP contribution in [0.4, 0.5) is 0 Å². The van der Waals surface area contributed by atoms with E-state index >= 15 is 0 Å². The number of rotatable bonds is 1. The molecule has 0 aliphatic heterocycles. The lowest BCUT2D eigenvalue weighted by Gasteiger charge is -2.48. The van der Waals surface area contributed by atoms with Gasteiger partial charge in [-0.15, -0.1) is 0 Å². The fraction of sp³-hybridized carbons (Fsp3) is 0.458. The molecule has 2 aromatic carbocycles. The number of hydrogen-bond acceptors (Lipinski definition) is 1. The van der Waals surface area contributed by atoms with E-state index in [2.05, 4.69) is 54.1 Å². The number of aromatic nitrogens is 2. The molecule has 0 amide bonds. The summed E-state index contributed by atoms with van der Waals surface area (Å²) in [5.41, 5.74) is 7.79. The quantitative estimate of drug-likeness (QED) is 0.561. The van der Waals surface area contributed by atoms with Crippen LogP contribution >= 0.6 is 0 Å². The highest BCUT2D eigenvalue weighted by Gasteiger charge is 2.65. The van der Waals surface area contributed by atoms with E-state index in [1.165, 1.54) is 48.7 Å². The molecule has 2 nitrogen and oxygen atoms in total. The molecule has 5 unspecified atom stereocenters. The molecule has 1 spiro atoms. The molecule has 1 aromatic heterocycles. The first-order valence-corrected chi connectivity index (χ1v) is 10.3. The van der Waals surface area contributed by atoms with Gasteiger partial charge in [0.05, 0.1) is 11.0 Å². The van der Waals surface area contributed by atoms with Gasteiger partial charge in [0.25, 0.3) is 0 Å². The van der Waals surface area contributed by atoms with Crippen molar-refractivity contribution in [1.29, 1.82) is 0 Å². The third-order valence-electron chi connectivity index (χ3n) is 8.58. The molecule has 2 heteroatoms. The highest BCUT2D eigenvalue weighted by Crippen LogP contribution is 2.76. The first kappa shape index (κ1) is 14.0. The van der Waals surface area contributed by atoms with Crippen molar-refractivity contribution in [2.75, 3.05) is 0 Å². The lowest BCUT2D eigenvalue weighted by Crippen LogP contribution is -2.41. The van der Waals surface area contributed by atoms with Crippen molar-refractivity contribution < 1.29 is 0 Å². The van der Waals surface area contributed by atoms with E-state index in [4.69, 9.17) is 4.98 Å². The van der Waals surface area contributed by atoms with Crippen LogP contribution in [-0.4, -0.2) is 9.55 Å². The maximum atomic E-state index is 5.06. The fourth-order valence-electron chi connectivity index (χ4n) is 7.47. The van der Waals surface area contributed by atoms with Crippen LogP contribution in [0.3, 0.4) is 0 Å². The summed E-state index contributed by atoms with van der Waals surface area (Å²) in [5.74, 6) is 4.78. The van der Waals surface area contributed by atoms with Crippen molar-refractivity contribution in [3.63, 3.8) is 0 Å². The van der Waals surface area contributed by atoms with Crippen LogP contribution in [-0.2, 0) is 7.05 Å². The zero-order valence-electron chi connectivity index (χ0n) is 15.3. The van der Waals surface area contributed by atoms with E-state index in [1.54, 1.807) is 11.1 Å². The van der Waals surface area contributed by atoms with Gasteiger partial charge in [-0.1, -0.05) is 30.3 Å². The standard InChI is InChI=1S/C24H24N2/c1-26-22-11-20-16-8-18-9-17-7-15(12-24(17,18)13-16)19(20)10-21(22)25-23(26)14-5-3-2-4-6-14/h2-6,10-11,15-18H,7-9,12-13H2,1H3. The minimum Gasteiger partial charge on any atom is -0.327 e. The van der Waals surface area contributed by atoms with Crippen LogP contribution in [0.15, 0.2) is 42.5 Å². The Bertz CT molecular complexity index is 1060. The van der Waals surface area contributed by atoms with Crippen molar-refractivity contribution in [2.24, 2.45) is 24.3 Å². The molecule has 7 rings (SSSR count). The third kappa shape index (κ3) is 1.50. The van der Waals surface area contributed by atoms with Crippen LogP contribution in [0, 0.1) is 17.3 Å². The van der Waals surface area contributed by atoms with Crippen molar-refractivity contribution in [2.45, 2.75) is 43.9 Å². The molecular weight excluding hydrogens is 316 g/mol. The van der Waals surface area contributed by atoms with Crippen molar-refractivity contribution >= 4 is 11.0 Å². The summed E-state index contributed by atoms with van der Waals surface area (Å²) in [7, 11) is 2.18. The van der Waals surface area contributed by atoms with Gasteiger partial charge in [0.1, 0.15) is 5.82 Å². The van der Waals surface area contributed by atoms with E-state index in [0.29, 0.717) is 0 Å². The van der Waals surface area contributed by atoms with E-state index < -0.39 is 0 Å². The molecule has 5 atom stereocenters. The Labute approximate surface area is 154 Å². The molecule has 4 aliphatic carbocycles. The summed E-state index contributed by atoms with van der Waals surface area (Å²) in [6.07, 6.45) is 7.36. The molecule has 3 aromatic rings. The summed E-state index contributed by atoms with van der Waals surface area (Å²) in [6.45, 7) is 0. The largest absolute Gasteiger partial charge is 0.327 e. The first-order chi connectivity index (χ1) is 12.7. The maximum absolute atomic E-state index is 5.06. The number of hydrogen-bond donors (Lipinski definition) is 0. The molecule has 4 aliphatic rings. The van der Waals surface area contributed by atoms with Gasteiger partial charge in [0, 0.05) is 12.6 Å². The molecule has 3 saturated carbocycles. The number of aryl methyl sites for hydroxylation is 1. The highest BCUT2D eigenvalue weighted by atomic mass is 15.1. The van der Waals surface area contributed by atoms with Gasteiger partial charge in [-0.25, -0.2) is 4.98 Å². The predicted octanol–water partition coefficient (Wildman–Crippen LogP) is 5.63. The van der Waals surface area contributed by atoms with Crippen LogP contribution in [0.25, 0.3) is 22.4 Å². The summed E-state index contributed by atoms with van der Waals surface area (Å²) in [4.78, 5) is 5.06. The van der Waals surface area contributed by atoms with Gasteiger partial charge >= 0.3 is 0 Å². The molecule has 1 heterocycles. The smallest absolute Gasteiger partial charge is 0.140 e. The van der Waals surface area contributed by atoms with Crippen molar-refractivity contribution in [1.82, 2.24) is 9.55 Å². The topological polar surface area (TPSA) is 17.8 Å². The number of benzene rings is 2. The van der Waals surface area contributed by atoms with Crippen LogP contribution in [0.5, 0.6) is 0 Å². The van der Waals surface area contributed by atoms with Gasteiger partial charge in [-0.05, 0) is 84.5 Å². The number of nitrogens with zero attached hydrogens (tertiary/aromatic N) is 2. The maximum Gasteiger partial charge on any atom is 0.140 e. The van der Waals surface area contributed by atoms with E-state index in [-0.39, 0.29) is 0 Å². The normalized spacial score (nSPS) is 36.0. The Morgan fingerprint density at radius 1 is 0.923 bits per heavy atom. The van der Waals surface area contributed by atoms with Crippen LogP contribution < -0.4 is 0 Å². The molecule has 0 radical (unpaired) electrons. The third-order valence-corrected chi connectivity index (χ3v) is 8.58. The van der Waals surface area contributed by atoms with Crippen LogP contribution in [0.1, 0.15) is 55.1 Å². The van der Waals surface area contributed by atoms with Crippen molar-refractivity contribution in [3.05, 3.63) is 53.6 Å². The molecule has 26 heavy (non-hydrogen) atoms. The number of fused-ring (bicyclic) bond motifs is 6. The van der Waals surface area contributed by atoms with E-state index in [0.717, 1.165) is 34.9 Å². The van der Waals surface area contributed by atoms with Gasteiger partial charge in [0.2, 0.25) is 0 Å². The minimum atomic E-state index is 0.739. The summed E-state index contributed by atoms with van der Waals surface area (Å²) < 4.78 is 2.30. The van der Waals surface area contributed by atoms with Crippen LogP contribution in [0.2, 0.25) is 0 Å². The zero-order valence-corrected chi connectivity index (χ0v) is 15.3. The molecule has 0 saturated heterocycles. The second-order valence-corrected chi connectivity index (χ2v) is 9.47. The number of imidazole rings is 1. The Balaban J connectivity index is 1.46. The van der Waals surface area contributed by atoms with Crippen molar-refractivity contribution in [3.8, 4) is 11.4 Å². The molecule has 3 fully saturated rings. The summed E-state index contributed by atoms with van der Waals surface area (Å²) in [5, 5.41) is 0. The Kier molecular flexibility index (Phi) is 2.38. The van der Waals surface area contributed by atoms with E-state index in [1.807, 2.05) is 0 Å². The summed E-state index contributed by atoms with van der Waals surface area (Å²) >= 11 is 0. The average Bonchev–Trinajstić information content (AvgIpc) is 3.23. The van der Waals surface area contributed by atoms with Gasteiger partial charge in [-0.2, -0.15) is 0 Å². The monoisotopic (exact) mass is 340 g/mol. The van der Waals surface area contributed by atoms with E-state index in [9.17, 15) is 0 Å². The lowest BCUT2D eigenvalue weighted by atomic mass is 9.56. The molecular formula is C24H24N2. The molecule has 3 bridgehead atoms. The van der Waals surface area contributed by atoms with Gasteiger partial charge in [0.15, 0.2) is 0 Å². The lowest BCUT2D eigenvalue weighted by molar-refractivity contribution is 0.00322. The molecule has 0 N–H and O–H groups in total. The zero-order chi connectivity index (χ0) is 17.0. The fourth-order valence-corrected chi connectivity index (χ4v) is 7.47.